The first kappa shape index (κ1) is 23.7. The van der Waals surface area contributed by atoms with Gasteiger partial charge in [-0.15, -0.1) is 0 Å². The number of ether oxygens (including phenoxy) is 1. The van der Waals surface area contributed by atoms with Gasteiger partial charge in [-0.1, -0.05) is 42.6 Å². The first-order valence-electron chi connectivity index (χ1n) is 9.92. The van der Waals surface area contributed by atoms with Crippen LogP contribution in [0.25, 0.3) is 0 Å². The van der Waals surface area contributed by atoms with Crippen molar-refractivity contribution in [3.8, 4) is 5.75 Å². The molecule has 3 unspecified atom stereocenters. The summed E-state index contributed by atoms with van der Waals surface area (Å²) in [6.45, 7) is 1.76. The molecule has 1 aliphatic rings. The van der Waals surface area contributed by atoms with E-state index >= 15 is 0 Å². The average molecular weight is 477 g/mol. The fourth-order valence-corrected chi connectivity index (χ4v) is 5.70. The van der Waals surface area contributed by atoms with Crippen LogP contribution in [0.15, 0.2) is 48.5 Å². The maximum Gasteiger partial charge on any atom is 0.418 e. The van der Waals surface area contributed by atoms with Gasteiger partial charge in [0.1, 0.15) is 12.0 Å². The second-order valence-electron chi connectivity index (χ2n) is 7.50. The van der Waals surface area contributed by atoms with Crippen LogP contribution in [0.4, 0.5) is 18.9 Å². The molecule has 0 bridgehead atoms. The smallest absolute Gasteiger partial charge is 0.418 e. The Kier molecular flexibility index (Phi) is 7.39. The molecule has 0 radical (unpaired) electrons. The molecule has 1 fully saturated rings. The Balaban J connectivity index is 1.77. The molecule has 0 aromatic heterocycles. The maximum absolute atomic E-state index is 13.4. The zero-order chi connectivity index (χ0) is 22.6. The molecule has 1 aliphatic carbocycles. The van der Waals surface area contributed by atoms with Gasteiger partial charge in [0.25, 0.3) is 0 Å². The minimum atomic E-state index is -4.75. The Morgan fingerprint density at radius 1 is 1.10 bits per heavy atom. The van der Waals surface area contributed by atoms with E-state index in [4.69, 9.17) is 16.3 Å². The highest BCUT2D eigenvalue weighted by molar-refractivity contribution is 7.93. The van der Waals surface area contributed by atoms with Crippen molar-refractivity contribution in [2.45, 2.75) is 56.3 Å². The van der Waals surface area contributed by atoms with E-state index in [-0.39, 0.29) is 5.02 Å². The number of hydrogen-bond acceptors (Lipinski definition) is 4. The van der Waals surface area contributed by atoms with Crippen LogP contribution in [-0.4, -0.2) is 25.9 Å². The summed E-state index contributed by atoms with van der Waals surface area (Å²) in [5, 5.41) is 2.15. The second kappa shape index (κ2) is 9.67. The monoisotopic (exact) mass is 476 g/mol. The first-order valence-corrected chi connectivity index (χ1v) is 11.8. The van der Waals surface area contributed by atoms with Gasteiger partial charge in [-0.2, -0.15) is 13.2 Å². The molecule has 2 aromatic rings. The second-order valence-corrected chi connectivity index (χ2v) is 9.84. The minimum Gasteiger partial charge on any atom is -0.476 e. The lowest BCUT2D eigenvalue weighted by Gasteiger charge is -2.34. The number of halogens is 4. The van der Waals surface area contributed by atoms with Crippen LogP contribution < -0.4 is 14.8 Å². The quantitative estimate of drug-likeness (QED) is 0.523. The molecule has 3 atom stereocenters. The summed E-state index contributed by atoms with van der Waals surface area (Å²) in [6.07, 6.45) is -2.84. The zero-order valence-corrected chi connectivity index (χ0v) is 18.4. The van der Waals surface area contributed by atoms with Crippen molar-refractivity contribution in [3.63, 3.8) is 0 Å². The van der Waals surface area contributed by atoms with E-state index in [1.807, 2.05) is 18.2 Å². The molecule has 31 heavy (non-hydrogen) atoms. The third-order valence-electron chi connectivity index (χ3n) is 5.15. The molecule has 0 spiro atoms. The van der Waals surface area contributed by atoms with Gasteiger partial charge in [-0.3, -0.25) is 10.0 Å². The van der Waals surface area contributed by atoms with Crippen molar-refractivity contribution >= 4 is 27.3 Å². The van der Waals surface area contributed by atoms with E-state index in [0.29, 0.717) is 31.1 Å². The zero-order valence-electron chi connectivity index (χ0n) is 16.8. The number of alkyl halides is 3. The number of hydrogen-bond donors (Lipinski definition) is 2. The van der Waals surface area contributed by atoms with Gasteiger partial charge < -0.3 is 4.74 Å². The maximum atomic E-state index is 13.4. The lowest BCUT2D eigenvalue weighted by Crippen LogP contribution is -2.52. The first-order chi connectivity index (χ1) is 14.6. The van der Waals surface area contributed by atoms with E-state index in [1.54, 1.807) is 19.1 Å². The molecule has 0 saturated heterocycles. The topological polar surface area (TPSA) is 67.4 Å². The van der Waals surface area contributed by atoms with E-state index in [2.05, 4.69) is 10.0 Å². The van der Waals surface area contributed by atoms with Gasteiger partial charge in [0, 0.05) is 11.1 Å². The molecule has 2 N–H and O–H groups in total. The summed E-state index contributed by atoms with van der Waals surface area (Å²) in [5.41, 5.74) is -1.65. The fourth-order valence-electron chi connectivity index (χ4n) is 3.77. The van der Waals surface area contributed by atoms with Gasteiger partial charge in [0.2, 0.25) is 10.0 Å². The molecule has 0 heterocycles. The molecule has 3 rings (SSSR count). The van der Waals surface area contributed by atoms with Crippen LogP contribution in [-0.2, 0) is 16.2 Å². The summed E-state index contributed by atoms with van der Waals surface area (Å²) in [6, 6.07) is 11.6. The van der Waals surface area contributed by atoms with E-state index < -0.39 is 45.0 Å². The summed E-state index contributed by atoms with van der Waals surface area (Å²) in [4.78, 5) is 0. The molecular formula is C21H24ClF3N2O3S. The summed E-state index contributed by atoms with van der Waals surface area (Å²) in [7, 11) is -4.11. The van der Waals surface area contributed by atoms with Crippen LogP contribution >= 0.6 is 11.6 Å². The Morgan fingerprint density at radius 3 is 2.45 bits per heavy atom. The highest BCUT2D eigenvalue weighted by Crippen LogP contribution is 2.37. The van der Waals surface area contributed by atoms with Crippen LogP contribution in [0.2, 0.25) is 5.02 Å². The third kappa shape index (κ3) is 6.27. The Bertz CT molecular complexity index is 987. The molecule has 0 amide bonds. The summed E-state index contributed by atoms with van der Waals surface area (Å²) in [5.74, 6) is 0.631. The number of nitrogens with one attached hydrogen (secondary N) is 2. The fraction of sp³-hybridized carbons (Fsp3) is 0.429. The molecule has 0 aliphatic heterocycles. The van der Waals surface area contributed by atoms with Crippen LogP contribution in [0.5, 0.6) is 5.75 Å². The van der Waals surface area contributed by atoms with E-state index in [9.17, 15) is 21.6 Å². The third-order valence-corrected chi connectivity index (χ3v) is 7.25. The van der Waals surface area contributed by atoms with Crippen molar-refractivity contribution in [2.24, 2.45) is 0 Å². The Hall–Kier alpha value is -1.97. The molecule has 2 aromatic carbocycles. The largest absolute Gasteiger partial charge is 0.476 e. The van der Waals surface area contributed by atoms with Crippen molar-refractivity contribution in [2.75, 3.05) is 4.72 Å². The predicted octanol–water partition coefficient (Wildman–Crippen LogP) is 5.43. The van der Waals surface area contributed by atoms with Crippen LogP contribution in [0.3, 0.4) is 0 Å². The van der Waals surface area contributed by atoms with E-state index in [1.165, 1.54) is 6.07 Å². The number of rotatable bonds is 7. The lowest BCUT2D eigenvalue weighted by molar-refractivity contribution is -0.136. The highest BCUT2D eigenvalue weighted by Gasteiger charge is 2.39. The minimum absolute atomic E-state index is 0.126. The summed E-state index contributed by atoms with van der Waals surface area (Å²) < 4.78 is 74.2. The van der Waals surface area contributed by atoms with Crippen molar-refractivity contribution in [3.05, 3.63) is 59.1 Å². The molecular weight excluding hydrogens is 453 g/mol. The molecule has 1 saturated carbocycles. The molecule has 170 valence electrons. The van der Waals surface area contributed by atoms with Gasteiger partial charge in [0.15, 0.2) is 0 Å². The highest BCUT2D eigenvalue weighted by atomic mass is 35.5. The van der Waals surface area contributed by atoms with Crippen LogP contribution in [0, 0.1) is 0 Å². The lowest BCUT2D eigenvalue weighted by atomic mass is 9.95. The number of anilines is 1. The number of para-hydroxylation sites is 1. The van der Waals surface area contributed by atoms with Gasteiger partial charge in [-0.25, -0.2) is 8.42 Å². The number of benzene rings is 2. The van der Waals surface area contributed by atoms with Gasteiger partial charge >= 0.3 is 6.18 Å². The molecule has 10 heteroatoms. The molecule has 5 nitrogen and oxygen atoms in total. The Morgan fingerprint density at radius 2 is 1.77 bits per heavy atom. The Labute approximate surface area is 185 Å². The van der Waals surface area contributed by atoms with Crippen LogP contribution in [0.1, 0.15) is 38.2 Å². The predicted molar refractivity (Wildman–Crippen MR) is 115 cm³/mol. The normalized spacial score (nSPS) is 20.8. The van der Waals surface area contributed by atoms with E-state index in [0.717, 1.165) is 12.5 Å². The number of sulfonamides is 1. The van der Waals surface area contributed by atoms with Crippen molar-refractivity contribution in [1.29, 1.82) is 0 Å². The standard InChI is InChI=1S/C21H24ClF3N2O3S/c1-14(30-16-7-3-2-4-8-16)26-19-9-5-6-10-20(19)31(28,29)27-18-12-11-15(22)13-17(18)21(23,24)25/h2-4,7-8,11-14,19-20,26-27H,5-6,9-10H2,1H3. The van der Waals surface area contributed by atoms with Crippen molar-refractivity contribution < 1.29 is 26.3 Å². The van der Waals surface area contributed by atoms with Gasteiger partial charge in [0.05, 0.1) is 16.5 Å². The van der Waals surface area contributed by atoms with Gasteiger partial charge in [-0.05, 0) is 50.1 Å². The SMILES string of the molecule is CC(NC1CCCCC1S(=O)(=O)Nc1ccc(Cl)cc1C(F)(F)F)Oc1ccccc1. The average Bonchev–Trinajstić information content (AvgIpc) is 2.69. The summed E-state index contributed by atoms with van der Waals surface area (Å²) >= 11 is 5.69. The van der Waals surface area contributed by atoms with Crippen molar-refractivity contribution in [1.82, 2.24) is 5.32 Å².